The monoisotopic (exact) mass is 347 g/mol. The van der Waals surface area contributed by atoms with Crippen LogP contribution < -0.4 is 0 Å². The molecule has 0 aromatic heterocycles. The number of benzene rings is 1. The van der Waals surface area contributed by atoms with Crippen LogP contribution in [0.15, 0.2) is 24.3 Å². The number of hydrogen-bond acceptors (Lipinski definition) is 4. The van der Waals surface area contributed by atoms with E-state index >= 15 is 0 Å². The quantitative estimate of drug-likeness (QED) is 0.654. The van der Waals surface area contributed by atoms with E-state index in [4.69, 9.17) is 9.84 Å². The van der Waals surface area contributed by atoms with Gasteiger partial charge in [-0.3, -0.25) is 9.59 Å². The van der Waals surface area contributed by atoms with Crippen molar-refractivity contribution in [3.05, 3.63) is 35.4 Å². The minimum absolute atomic E-state index is 0.0918. The molecule has 0 bridgehead atoms. The van der Waals surface area contributed by atoms with E-state index in [1.165, 1.54) is 4.90 Å². The van der Waals surface area contributed by atoms with E-state index < -0.39 is 17.6 Å². The van der Waals surface area contributed by atoms with Gasteiger partial charge in [0.05, 0.1) is 5.92 Å². The van der Waals surface area contributed by atoms with Gasteiger partial charge in [-0.05, 0) is 51.2 Å². The fourth-order valence-corrected chi connectivity index (χ4v) is 3.16. The number of carboxylic acid groups (broad SMARTS) is 1. The largest absolute Gasteiger partial charge is 0.465 e. The summed E-state index contributed by atoms with van der Waals surface area (Å²) in [4.78, 5) is 36.2. The number of esters is 1. The normalized spacial score (nSPS) is 18.7. The SMILES string of the molecule is CC(C)(C)OC(=O)C(Cc1cccc(C=O)c1)[C@H]1CCN(C(=O)O)C1. The van der Waals surface area contributed by atoms with Crippen LogP contribution in [0.3, 0.4) is 0 Å². The van der Waals surface area contributed by atoms with Gasteiger partial charge in [0, 0.05) is 18.7 Å². The van der Waals surface area contributed by atoms with Crippen molar-refractivity contribution in [3.63, 3.8) is 0 Å². The van der Waals surface area contributed by atoms with E-state index in [1.807, 2.05) is 26.8 Å². The average molecular weight is 347 g/mol. The second kappa shape index (κ2) is 7.68. The third-order valence-electron chi connectivity index (χ3n) is 4.32. The number of likely N-dealkylation sites (tertiary alicyclic amines) is 1. The van der Waals surface area contributed by atoms with Crippen molar-refractivity contribution < 1.29 is 24.2 Å². The van der Waals surface area contributed by atoms with Crippen molar-refractivity contribution in [1.29, 1.82) is 0 Å². The summed E-state index contributed by atoms with van der Waals surface area (Å²) in [6, 6.07) is 7.12. The molecule has 136 valence electrons. The Labute approximate surface area is 147 Å². The van der Waals surface area contributed by atoms with Crippen molar-refractivity contribution in [1.82, 2.24) is 4.90 Å². The number of hydrogen-bond donors (Lipinski definition) is 1. The first-order valence-electron chi connectivity index (χ1n) is 8.44. The molecule has 0 radical (unpaired) electrons. The second-order valence-electron chi connectivity index (χ2n) is 7.48. The third-order valence-corrected chi connectivity index (χ3v) is 4.32. The highest BCUT2D eigenvalue weighted by Gasteiger charge is 2.37. The molecule has 0 aliphatic carbocycles. The van der Waals surface area contributed by atoms with E-state index in [1.54, 1.807) is 18.2 Å². The van der Waals surface area contributed by atoms with Crippen molar-refractivity contribution >= 4 is 18.3 Å². The third kappa shape index (κ3) is 5.31. The smallest absolute Gasteiger partial charge is 0.407 e. The van der Waals surface area contributed by atoms with Crippen LogP contribution in [0, 0.1) is 11.8 Å². The molecule has 1 N–H and O–H groups in total. The maximum absolute atomic E-state index is 12.7. The number of amides is 1. The molecule has 1 aromatic rings. The van der Waals surface area contributed by atoms with Crippen LogP contribution in [0.2, 0.25) is 0 Å². The van der Waals surface area contributed by atoms with Gasteiger partial charge in [0.1, 0.15) is 11.9 Å². The van der Waals surface area contributed by atoms with E-state index in [9.17, 15) is 14.4 Å². The predicted octanol–water partition coefficient (Wildman–Crippen LogP) is 3.00. The van der Waals surface area contributed by atoms with Gasteiger partial charge in [0.2, 0.25) is 0 Å². The second-order valence-corrected chi connectivity index (χ2v) is 7.48. The molecule has 1 amide bonds. The number of aldehydes is 1. The lowest BCUT2D eigenvalue weighted by atomic mass is 9.85. The lowest BCUT2D eigenvalue weighted by molar-refractivity contribution is -0.161. The summed E-state index contributed by atoms with van der Waals surface area (Å²) in [5, 5.41) is 9.17. The summed E-state index contributed by atoms with van der Waals surface area (Å²) in [6.07, 6.45) is 0.861. The highest BCUT2D eigenvalue weighted by Crippen LogP contribution is 2.29. The molecule has 1 fully saturated rings. The zero-order chi connectivity index (χ0) is 18.6. The molecule has 0 spiro atoms. The van der Waals surface area contributed by atoms with Crippen LogP contribution in [0.5, 0.6) is 0 Å². The molecule has 0 saturated carbocycles. The molecule has 1 heterocycles. The molecule has 1 aliphatic rings. The van der Waals surface area contributed by atoms with E-state index in [2.05, 4.69) is 0 Å². The zero-order valence-electron chi connectivity index (χ0n) is 14.9. The fraction of sp³-hybridized carbons (Fsp3) is 0.526. The Balaban J connectivity index is 2.21. The maximum atomic E-state index is 12.7. The van der Waals surface area contributed by atoms with E-state index in [0.29, 0.717) is 31.5 Å². The number of rotatable bonds is 5. The van der Waals surface area contributed by atoms with Crippen molar-refractivity contribution in [2.75, 3.05) is 13.1 Å². The standard InChI is InChI=1S/C19H25NO5/c1-19(2,3)25-17(22)16(15-7-8-20(11-15)18(23)24)10-13-5-4-6-14(9-13)12-21/h4-6,9,12,15-16H,7-8,10-11H2,1-3H3,(H,23,24)/t15-,16?/m0/s1. The zero-order valence-corrected chi connectivity index (χ0v) is 14.9. The van der Waals surface area contributed by atoms with Crippen LogP contribution in [-0.4, -0.2) is 47.0 Å². The van der Waals surface area contributed by atoms with Gasteiger partial charge in [-0.15, -0.1) is 0 Å². The van der Waals surface area contributed by atoms with Crippen molar-refractivity contribution in [3.8, 4) is 0 Å². The summed E-state index contributed by atoms with van der Waals surface area (Å²) in [5.41, 5.74) is 0.818. The van der Waals surface area contributed by atoms with Crippen LogP contribution in [0.4, 0.5) is 4.79 Å². The van der Waals surface area contributed by atoms with E-state index in [0.717, 1.165) is 11.8 Å². The molecule has 1 saturated heterocycles. The number of ether oxygens (including phenoxy) is 1. The first-order chi connectivity index (χ1) is 11.7. The van der Waals surface area contributed by atoms with Gasteiger partial charge < -0.3 is 14.7 Å². The van der Waals surface area contributed by atoms with Gasteiger partial charge in [0.15, 0.2) is 0 Å². The minimum Gasteiger partial charge on any atom is -0.465 e. The molecular formula is C19H25NO5. The summed E-state index contributed by atoms with van der Waals surface area (Å²) in [5.74, 6) is -0.849. The Morgan fingerprint density at radius 3 is 2.68 bits per heavy atom. The summed E-state index contributed by atoms with van der Waals surface area (Å²) in [6.45, 7) is 6.19. The summed E-state index contributed by atoms with van der Waals surface area (Å²) >= 11 is 0. The molecule has 1 unspecified atom stereocenters. The molecule has 1 aliphatic heterocycles. The van der Waals surface area contributed by atoms with E-state index in [-0.39, 0.29) is 11.9 Å². The Bertz CT molecular complexity index is 649. The average Bonchev–Trinajstić information content (AvgIpc) is 3.01. The van der Waals surface area contributed by atoms with Gasteiger partial charge in [0.25, 0.3) is 0 Å². The lowest BCUT2D eigenvalue weighted by Crippen LogP contribution is -2.35. The molecule has 6 heteroatoms. The predicted molar refractivity (Wildman–Crippen MR) is 92.6 cm³/mol. The molecular weight excluding hydrogens is 322 g/mol. The first kappa shape index (κ1) is 19.0. The minimum atomic E-state index is -0.964. The van der Waals surface area contributed by atoms with Gasteiger partial charge >= 0.3 is 12.1 Å². The van der Waals surface area contributed by atoms with Gasteiger partial charge in [-0.1, -0.05) is 18.2 Å². The Morgan fingerprint density at radius 2 is 2.12 bits per heavy atom. The Hall–Kier alpha value is -2.37. The maximum Gasteiger partial charge on any atom is 0.407 e. The van der Waals surface area contributed by atoms with Gasteiger partial charge in [-0.25, -0.2) is 4.79 Å². The van der Waals surface area contributed by atoms with Crippen molar-refractivity contribution in [2.24, 2.45) is 11.8 Å². The molecule has 2 atom stereocenters. The molecule has 2 rings (SSSR count). The molecule has 25 heavy (non-hydrogen) atoms. The number of carbonyl (C=O) groups is 3. The van der Waals surface area contributed by atoms with Crippen LogP contribution in [-0.2, 0) is 16.0 Å². The first-order valence-corrected chi connectivity index (χ1v) is 8.44. The Morgan fingerprint density at radius 1 is 1.40 bits per heavy atom. The molecule has 6 nitrogen and oxygen atoms in total. The molecule has 1 aromatic carbocycles. The van der Waals surface area contributed by atoms with Crippen LogP contribution in [0.25, 0.3) is 0 Å². The van der Waals surface area contributed by atoms with Crippen LogP contribution >= 0.6 is 0 Å². The number of nitrogens with zero attached hydrogens (tertiary/aromatic N) is 1. The topological polar surface area (TPSA) is 83.9 Å². The van der Waals surface area contributed by atoms with Crippen molar-refractivity contribution in [2.45, 2.75) is 39.2 Å². The van der Waals surface area contributed by atoms with Crippen LogP contribution in [0.1, 0.15) is 43.1 Å². The Kier molecular flexibility index (Phi) is 5.82. The highest BCUT2D eigenvalue weighted by molar-refractivity contribution is 5.76. The number of carbonyl (C=O) groups excluding carboxylic acids is 2. The van der Waals surface area contributed by atoms with Gasteiger partial charge in [-0.2, -0.15) is 0 Å². The highest BCUT2D eigenvalue weighted by atomic mass is 16.6. The summed E-state index contributed by atoms with van der Waals surface area (Å²) < 4.78 is 5.56. The fourth-order valence-electron chi connectivity index (χ4n) is 3.16. The summed E-state index contributed by atoms with van der Waals surface area (Å²) in [7, 11) is 0. The lowest BCUT2D eigenvalue weighted by Gasteiger charge is -2.27.